The van der Waals surface area contributed by atoms with Crippen LogP contribution < -0.4 is 15.6 Å². The summed E-state index contributed by atoms with van der Waals surface area (Å²) in [7, 11) is 0. The van der Waals surface area contributed by atoms with Crippen LogP contribution in [0.25, 0.3) is 11.1 Å². The topological polar surface area (TPSA) is 89.9 Å². The van der Waals surface area contributed by atoms with Gasteiger partial charge < -0.3 is 14.8 Å². The number of aryl methyl sites for hydroxylation is 3. The number of esters is 1. The van der Waals surface area contributed by atoms with Gasteiger partial charge in [-0.05, 0) is 98.3 Å². The molecular weight excluding hydrogens is 647 g/mol. The van der Waals surface area contributed by atoms with Crippen molar-refractivity contribution in [2.75, 3.05) is 26.2 Å². The van der Waals surface area contributed by atoms with Crippen molar-refractivity contribution in [2.24, 2.45) is 0 Å². The molecule has 2 aliphatic rings. The van der Waals surface area contributed by atoms with Crippen LogP contribution in [0.1, 0.15) is 65.7 Å². The van der Waals surface area contributed by atoms with Crippen molar-refractivity contribution in [1.82, 2.24) is 14.8 Å². The summed E-state index contributed by atoms with van der Waals surface area (Å²) in [5, 5.41) is 2.81. The number of amides is 1. The number of rotatable bonds is 8. The van der Waals surface area contributed by atoms with Crippen LogP contribution in [0, 0.1) is 25.5 Å². The van der Waals surface area contributed by atoms with Crippen LogP contribution in [0.4, 0.5) is 13.2 Å². The van der Waals surface area contributed by atoms with E-state index < -0.39 is 53.7 Å². The lowest BCUT2D eigenvalue weighted by Crippen LogP contribution is -2.49. The molecule has 262 valence electrons. The maximum atomic E-state index is 16.1. The molecule has 0 aliphatic carbocycles. The molecule has 1 amide bonds. The zero-order valence-corrected chi connectivity index (χ0v) is 28.5. The normalized spacial score (nSPS) is 17.7. The van der Waals surface area contributed by atoms with Crippen LogP contribution in [-0.2, 0) is 27.2 Å². The van der Waals surface area contributed by atoms with E-state index in [0.29, 0.717) is 60.5 Å². The molecule has 2 aliphatic heterocycles. The van der Waals surface area contributed by atoms with Crippen LogP contribution in [0.2, 0.25) is 0 Å². The van der Waals surface area contributed by atoms with Gasteiger partial charge in [-0.25, -0.2) is 13.2 Å². The molecule has 3 heterocycles. The second kappa shape index (κ2) is 14.5. The molecule has 1 fully saturated rings. The Hall–Kier alpha value is -4.90. The summed E-state index contributed by atoms with van der Waals surface area (Å²) < 4.78 is 58.4. The van der Waals surface area contributed by atoms with Gasteiger partial charge in [0.25, 0.3) is 5.56 Å². The van der Waals surface area contributed by atoms with E-state index in [-0.39, 0.29) is 29.0 Å². The molecule has 0 saturated carbocycles. The summed E-state index contributed by atoms with van der Waals surface area (Å²) in [6, 6.07) is 11.6. The molecule has 1 aromatic heterocycles. The van der Waals surface area contributed by atoms with Crippen molar-refractivity contribution in [3.63, 3.8) is 0 Å². The summed E-state index contributed by atoms with van der Waals surface area (Å²) >= 11 is 0. The molecule has 11 heteroatoms. The summed E-state index contributed by atoms with van der Waals surface area (Å²) in [5.41, 5.74) is 2.79. The number of alkyl halides is 1. The maximum absolute atomic E-state index is 16.1. The summed E-state index contributed by atoms with van der Waals surface area (Å²) in [6.45, 7) is 8.17. The molecule has 4 aromatic rings. The number of benzene rings is 3. The first kappa shape index (κ1) is 34.9. The molecule has 2 atom stereocenters. The fraction of sp³-hybridized carbons (Fsp3) is 0.359. The summed E-state index contributed by atoms with van der Waals surface area (Å²) in [5.74, 6) is -2.30. The first-order valence-corrected chi connectivity index (χ1v) is 16.9. The summed E-state index contributed by atoms with van der Waals surface area (Å²) in [6.07, 6.45) is 1.02. The van der Waals surface area contributed by atoms with Crippen molar-refractivity contribution in [1.29, 1.82) is 0 Å². The van der Waals surface area contributed by atoms with Gasteiger partial charge in [-0.1, -0.05) is 19.1 Å². The number of aromatic nitrogens is 1. The lowest BCUT2D eigenvalue weighted by atomic mass is 9.92. The Kier molecular flexibility index (Phi) is 10.2. The largest absolute Gasteiger partial charge is 0.466 e. The highest BCUT2D eigenvalue weighted by atomic mass is 19.1. The van der Waals surface area contributed by atoms with Gasteiger partial charge in [0, 0.05) is 48.1 Å². The molecule has 6 rings (SSSR count). The zero-order valence-electron chi connectivity index (χ0n) is 28.5. The Morgan fingerprint density at radius 1 is 1.00 bits per heavy atom. The number of likely N-dealkylation sites (tertiary alicyclic amines) is 1. The predicted molar refractivity (Wildman–Crippen MR) is 183 cm³/mol. The number of fused-ring (bicyclic) bond motifs is 6. The molecule has 0 radical (unpaired) electrons. The van der Waals surface area contributed by atoms with Gasteiger partial charge in [0.2, 0.25) is 5.91 Å². The second-order valence-electron chi connectivity index (χ2n) is 12.9. The Labute approximate surface area is 288 Å². The molecule has 50 heavy (non-hydrogen) atoms. The minimum atomic E-state index is -1.58. The van der Waals surface area contributed by atoms with Crippen LogP contribution >= 0.6 is 0 Å². The second-order valence-corrected chi connectivity index (χ2v) is 12.9. The first-order valence-electron chi connectivity index (χ1n) is 16.9. The molecule has 1 saturated heterocycles. The Bertz CT molecular complexity index is 2010. The van der Waals surface area contributed by atoms with Gasteiger partial charge in [0.05, 0.1) is 19.1 Å². The zero-order chi connectivity index (χ0) is 35.7. The molecule has 4 bridgehead atoms. The number of nitrogens with one attached hydrogen (secondary N) is 1. The standard InChI is InChI=1S/C39H40F3N3O5/c1-5-25-15-24(12-13-44-20-27(40)21-44)19-45(39(25)48)37-29-17-28(10-11-31(29)41)50-33-9-7-8-22(3)35(33)26-14-23(4)36(42)30(16-26)32(43-38(37)47)18-34(46)49-6-2/h7-11,14-17,19,27,32,37H,5-6,12-13,18,20-21H2,1-4H3,(H,43,47)/t32-,37-/m0/s1. The number of carbonyl (C=O) groups excluding carboxylic acids is 2. The highest BCUT2D eigenvalue weighted by Crippen LogP contribution is 2.40. The fourth-order valence-corrected chi connectivity index (χ4v) is 6.79. The molecule has 0 unspecified atom stereocenters. The van der Waals surface area contributed by atoms with E-state index in [1.54, 1.807) is 51.1 Å². The molecule has 8 nitrogen and oxygen atoms in total. The van der Waals surface area contributed by atoms with E-state index in [2.05, 4.69) is 5.32 Å². The Morgan fingerprint density at radius 3 is 2.50 bits per heavy atom. The van der Waals surface area contributed by atoms with Gasteiger partial charge in [0.1, 0.15) is 35.3 Å². The summed E-state index contributed by atoms with van der Waals surface area (Å²) in [4.78, 5) is 43.5. The van der Waals surface area contributed by atoms with E-state index in [9.17, 15) is 18.8 Å². The van der Waals surface area contributed by atoms with Crippen molar-refractivity contribution in [3.8, 4) is 22.6 Å². The number of pyridine rings is 1. The fourth-order valence-electron chi connectivity index (χ4n) is 6.79. The third-order valence-corrected chi connectivity index (χ3v) is 9.37. The Balaban J connectivity index is 1.57. The van der Waals surface area contributed by atoms with E-state index in [0.717, 1.165) is 5.56 Å². The number of ether oxygens (including phenoxy) is 2. The average Bonchev–Trinajstić information content (AvgIpc) is 3.06. The number of hydrogen-bond donors (Lipinski definition) is 1. The Morgan fingerprint density at radius 2 is 1.78 bits per heavy atom. The van der Waals surface area contributed by atoms with Crippen LogP contribution in [0.5, 0.6) is 11.5 Å². The van der Waals surface area contributed by atoms with Crippen molar-refractivity contribution in [2.45, 2.75) is 65.2 Å². The molecule has 0 spiro atoms. The predicted octanol–water partition coefficient (Wildman–Crippen LogP) is 6.67. The number of nitrogens with zero attached hydrogens (tertiary/aromatic N) is 2. The molecule has 3 aromatic carbocycles. The van der Waals surface area contributed by atoms with Gasteiger partial charge in [-0.2, -0.15) is 0 Å². The smallest absolute Gasteiger partial charge is 0.308 e. The molecular formula is C39H40F3N3O5. The van der Waals surface area contributed by atoms with Crippen LogP contribution in [0.3, 0.4) is 0 Å². The number of carbonyl (C=O) groups is 2. The average molecular weight is 688 g/mol. The van der Waals surface area contributed by atoms with Gasteiger partial charge in [0.15, 0.2) is 0 Å². The highest BCUT2D eigenvalue weighted by Gasteiger charge is 2.33. The quantitative estimate of drug-likeness (QED) is 0.208. The molecule has 1 N–H and O–H groups in total. The van der Waals surface area contributed by atoms with Crippen LogP contribution in [-0.4, -0.2) is 53.8 Å². The van der Waals surface area contributed by atoms with Gasteiger partial charge in [-0.15, -0.1) is 0 Å². The highest BCUT2D eigenvalue weighted by molar-refractivity contribution is 5.85. The monoisotopic (exact) mass is 687 g/mol. The SMILES string of the molecule is CCOC(=O)C[C@@H]1NC(=O)[C@@H](n2cc(CCN3CC(F)C3)cc(CC)c2=O)c2cc(ccc2F)Oc2cccc(C)c2-c2cc(C)c(F)c1c2. The van der Waals surface area contributed by atoms with Gasteiger partial charge in [-0.3, -0.25) is 23.9 Å². The minimum absolute atomic E-state index is 0.0249. The third kappa shape index (κ3) is 7.05. The number of halogens is 3. The van der Waals surface area contributed by atoms with Crippen molar-refractivity contribution < 1.29 is 32.2 Å². The van der Waals surface area contributed by atoms with E-state index in [1.165, 1.54) is 29.0 Å². The lowest BCUT2D eigenvalue weighted by Gasteiger charge is -2.34. The third-order valence-electron chi connectivity index (χ3n) is 9.37. The van der Waals surface area contributed by atoms with E-state index in [1.807, 2.05) is 17.9 Å². The lowest BCUT2D eigenvalue weighted by molar-refractivity contribution is -0.143. The van der Waals surface area contributed by atoms with Crippen molar-refractivity contribution >= 4 is 11.9 Å². The van der Waals surface area contributed by atoms with E-state index >= 15 is 8.78 Å². The van der Waals surface area contributed by atoms with E-state index in [4.69, 9.17) is 9.47 Å². The van der Waals surface area contributed by atoms with Gasteiger partial charge >= 0.3 is 5.97 Å². The number of hydrogen-bond acceptors (Lipinski definition) is 6. The minimum Gasteiger partial charge on any atom is -0.466 e. The first-order chi connectivity index (χ1) is 24.0. The van der Waals surface area contributed by atoms with Crippen LogP contribution in [0.15, 0.2) is 65.6 Å². The van der Waals surface area contributed by atoms with Crippen molar-refractivity contribution in [3.05, 3.63) is 116 Å². The maximum Gasteiger partial charge on any atom is 0.308 e.